The highest BCUT2D eigenvalue weighted by Gasteiger charge is 2.27. The van der Waals surface area contributed by atoms with E-state index in [1.165, 1.54) is 16.0 Å². The summed E-state index contributed by atoms with van der Waals surface area (Å²) in [5.74, 6) is -0.218. The average Bonchev–Trinajstić information content (AvgIpc) is 2.81. The number of nitrogens with one attached hydrogen (secondary N) is 3. The minimum absolute atomic E-state index is 0.0321. The van der Waals surface area contributed by atoms with Gasteiger partial charge in [-0.25, -0.2) is 9.59 Å². The lowest BCUT2D eigenvalue weighted by molar-refractivity contribution is -0.125. The maximum Gasteiger partial charge on any atom is 0.324 e. The number of hydrogen-bond acceptors (Lipinski definition) is 3. The van der Waals surface area contributed by atoms with Crippen LogP contribution in [0.25, 0.3) is 0 Å². The minimum atomic E-state index is -0.357. The fraction of sp³-hybridized carbons (Fsp3) is 0.500. The van der Waals surface area contributed by atoms with Crippen molar-refractivity contribution in [3.8, 4) is 0 Å². The van der Waals surface area contributed by atoms with E-state index < -0.39 is 0 Å². The fourth-order valence-corrected chi connectivity index (χ4v) is 3.40. The van der Waals surface area contributed by atoms with Gasteiger partial charge < -0.3 is 16.0 Å². The van der Waals surface area contributed by atoms with E-state index >= 15 is 0 Å². The molecule has 1 aliphatic carbocycles. The Labute approximate surface area is 147 Å². The van der Waals surface area contributed by atoms with Crippen LogP contribution in [0.5, 0.6) is 0 Å². The second-order valence-electron chi connectivity index (χ2n) is 6.46. The molecule has 3 rings (SSSR count). The molecular weight excluding hydrogens is 320 g/mol. The Hall–Kier alpha value is -2.57. The number of hydrogen-bond donors (Lipinski definition) is 3. The molecule has 1 fully saturated rings. The van der Waals surface area contributed by atoms with Gasteiger partial charge in [-0.1, -0.05) is 30.7 Å². The summed E-state index contributed by atoms with van der Waals surface area (Å²) in [6.07, 6.45) is 4.76. The summed E-state index contributed by atoms with van der Waals surface area (Å²) in [6, 6.07) is 7.73. The zero-order chi connectivity index (χ0) is 17.6. The van der Waals surface area contributed by atoms with Gasteiger partial charge in [-0.2, -0.15) is 0 Å². The summed E-state index contributed by atoms with van der Waals surface area (Å²) in [4.78, 5) is 36.2. The van der Waals surface area contributed by atoms with Crippen molar-refractivity contribution >= 4 is 18.0 Å². The molecule has 0 radical (unpaired) electrons. The van der Waals surface area contributed by atoms with Gasteiger partial charge in [0.2, 0.25) is 5.91 Å². The zero-order valence-corrected chi connectivity index (χ0v) is 14.2. The number of amides is 5. The van der Waals surface area contributed by atoms with Crippen molar-refractivity contribution in [2.24, 2.45) is 0 Å². The van der Waals surface area contributed by atoms with E-state index in [-0.39, 0.29) is 30.6 Å². The molecule has 1 heterocycles. The van der Waals surface area contributed by atoms with Crippen LogP contribution in [0.1, 0.15) is 42.9 Å². The summed E-state index contributed by atoms with van der Waals surface area (Å²) in [6.45, 7) is 0.794. The molecule has 134 valence electrons. The molecule has 0 saturated carbocycles. The number of urea groups is 2. The van der Waals surface area contributed by atoms with Gasteiger partial charge in [-0.15, -0.1) is 0 Å². The number of carbonyl (C=O) groups is 3. The van der Waals surface area contributed by atoms with E-state index in [9.17, 15) is 14.4 Å². The van der Waals surface area contributed by atoms with Gasteiger partial charge in [-0.3, -0.25) is 9.69 Å². The quantitative estimate of drug-likeness (QED) is 0.431. The molecule has 3 N–H and O–H groups in total. The van der Waals surface area contributed by atoms with E-state index in [0.29, 0.717) is 19.5 Å². The van der Waals surface area contributed by atoms with Gasteiger partial charge in [0.25, 0.3) is 0 Å². The number of rotatable bonds is 5. The van der Waals surface area contributed by atoms with Crippen LogP contribution in [0.3, 0.4) is 0 Å². The number of imide groups is 1. The number of fused-ring (bicyclic) bond motifs is 1. The average molecular weight is 344 g/mol. The Balaban J connectivity index is 1.45. The molecule has 0 spiro atoms. The van der Waals surface area contributed by atoms with E-state index in [4.69, 9.17) is 0 Å². The summed E-state index contributed by atoms with van der Waals surface area (Å²) in [7, 11) is 0. The molecule has 1 atom stereocenters. The largest absolute Gasteiger partial charge is 0.338 e. The van der Waals surface area contributed by atoms with E-state index in [1.54, 1.807) is 0 Å². The van der Waals surface area contributed by atoms with E-state index in [2.05, 4.69) is 28.1 Å². The molecule has 2 aliphatic rings. The van der Waals surface area contributed by atoms with Crippen LogP contribution in [0.2, 0.25) is 0 Å². The van der Waals surface area contributed by atoms with Gasteiger partial charge >= 0.3 is 12.1 Å². The van der Waals surface area contributed by atoms with Crippen molar-refractivity contribution in [2.75, 3.05) is 19.6 Å². The lowest BCUT2D eigenvalue weighted by Crippen LogP contribution is -2.40. The topological polar surface area (TPSA) is 90.5 Å². The number of benzene rings is 1. The monoisotopic (exact) mass is 344 g/mol. The van der Waals surface area contributed by atoms with Crippen molar-refractivity contribution in [3.63, 3.8) is 0 Å². The van der Waals surface area contributed by atoms with Gasteiger partial charge in [0.1, 0.15) is 0 Å². The fourth-order valence-electron chi connectivity index (χ4n) is 3.40. The van der Waals surface area contributed by atoms with Crippen LogP contribution >= 0.6 is 0 Å². The third kappa shape index (κ3) is 4.29. The molecular formula is C18H24N4O3. The molecule has 7 nitrogen and oxygen atoms in total. The third-order valence-corrected chi connectivity index (χ3v) is 4.71. The van der Waals surface area contributed by atoms with Gasteiger partial charge in [0, 0.05) is 13.1 Å². The maximum absolute atomic E-state index is 12.2. The normalized spacial score (nSPS) is 19.8. The lowest BCUT2D eigenvalue weighted by Gasteiger charge is -2.20. The summed E-state index contributed by atoms with van der Waals surface area (Å²) in [5, 5.41) is 8.34. The Bertz CT molecular complexity index is 645. The minimum Gasteiger partial charge on any atom is -0.338 e. The van der Waals surface area contributed by atoms with Crippen LogP contribution in [0.4, 0.5) is 9.59 Å². The summed E-state index contributed by atoms with van der Waals surface area (Å²) in [5.41, 5.74) is 2.51. The number of aryl methyl sites for hydroxylation is 1. The molecule has 5 amide bonds. The molecule has 1 aliphatic heterocycles. The van der Waals surface area contributed by atoms with Crippen LogP contribution in [-0.2, 0) is 11.2 Å². The Morgan fingerprint density at radius 1 is 1.24 bits per heavy atom. The predicted molar refractivity (Wildman–Crippen MR) is 93.0 cm³/mol. The number of carbonyl (C=O) groups excluding carboxylic acids is 3. The molecule has 0 aromatic heterocycles. The van der Waals surface area contributed by atoms with Gasteiger partial charge in [-0.05, 0) is 36.8 Å². The standard InChI is InChI=1S/C18H24N4O3/c23-16-12-20-18(25)22(16)11-5-10-19-17(24)21-15-9-4-2-7-13-6-1-3-8-14(13)15/h1,3,6,8,15H,2,4-5,7,9-12H2,(H,20,25)(H2,19,21,24)/t15-/m0/s1. The predicted octanol–water partition coefficient (Wildman–Crippen LogP) is 1.70. The highest BCUT2D eigenvalue weighted by atomic mass is 16.2. The molecule has 1 aromatic rings. The van der Waals surface area contributed by atoms with E-state index in [1.807, 2.05) is 12.1 Å². The van der Waals surface area contributed by atoms with Gasteiger partial charge in [0.15, 0.2) is 0 Å². The van der Waals surface area contributed by atoms with Crippen molar-refractivity contribution in [2.45, 2.75) is 38.1 Å². The van der Waals surface area contributed by atoms with Crippen molar-refractivity contribution < 1.29 is 14.4 Å². The van der Waals surface area contributed by atoms with Crippen LogP contribution in [0, 0.1) is 0 Å². The first kappa shape index (κ1) is 17.3. The van der Waals surface area contributed by atoms with E-state index in [0.717, 1.165) is 25.7 Å². The second-order valence-corrected chi connectivity index (χ2v) is 6.46. The third-order valence-electron chi connectivity index (χ3n) is 4.71. The van der Waals surface area contributed by atoms with Crippen LogP contribution < -0.4 is 16.0 Å². The van der Waals surface area contributed by atoms with Crippen molar-refractivity contribution in [1.29, 1.82) is 0 Å². The summed E-state index contributed by atoms with van der Waals surface area (Å²) < 4.78 is 0. The first-order chi connectivity index (χ1) is 12.1. The summed E-state index contributed by atoms with van der Waals surface area (Å²) >= 11 is 0. The molecule has 0 unspecified atom stereocenters. The molecule has 7 heteroatoms. The van der Waals surface area contributed by atoms with Crippen LogP contribution in [0.15, 0.2) is 24.3 Å². The maximum atomic E-state index is 12.2. The Morgan fingerprint density at radius 2 is 2.08 bits per heavy atom. The number of nitrogens with zero attached hydrogens (tertiary/aromatic N) is 1. The highest BCUT2D eigenvalue weighted by Crippen LogP contribution is 2.28. The van der Waals surface area contributed by atoms with Crippen LogP contribution in [-0.4, -0.2) is 42.5 Å². The SMILES string of the molecule is O=C(NCCCN1C(=O)CNC1=O)N[C@H]1CCCCc2ccccc21. The second kappa shape index (κ2) is 8.00. The molecule has 0 bridgehead atoms. The smallest absolute Gasteiger partial charge is 0.324 e. The Kier molecular flexibility index (Phi) is 5.53. The van der Waals surface area contributed by atoms with Crippen molar-refractivity contribution in [3.05, 3.63) is 35.4 Å². The molecule has 1 aromatic carbocycles. The highest BCUT2D eigenvalue weighted by molar-refractivity contribution is 6.01. The molecule has 25 heavy (non-hydrogen) atoms. The first-order valence-corrected chi connectivity index (χ1v) is 8.85. The zero-order valence-electron chi connectivity index (χ0n) is 14.2. The Morgan fingerprint density at radius 3 is 2.88 bits per heavy atom. The molecule has 1 saturated heterocycles. The van der Waals surface area contributed by atoms with Crippen molar-refractivity contribution in [1.82, 2.24) is 20.9 Å². The first-order valence-electron chi connectivity index (χ1n) is 8.85. The lowest BCUT2D eigenvalue weighted by atomic mass is 9.99. The van der Waals surface area contributed by atoms with Gasteiger partial charge in [0.05, 0.1) is 12.6 Å².